The predicted octanol–water partition coefficient (Wildman–Crippen LogP) is 2.28. The molecule has 0 aromatic carbocycles. The molecular weight excluding hydrogens is 326 g/mol. The number of sulfonamides is 1. The zero-order valence-corrected chi connectivity index (χ0v) is 12.6. The molecule has 2 heterocycles. The quantitative estimate of drug-likeness (QED) is 0.918. The summed E-state index contributed by atoms with van der Waals surface area (Å²) in [5, 5.41) is 0. The van der Waals surface area contributed by atoms with E-state index in [1.807, 2.05) is 6.92 Å². The third kappa shape index (κ3) is 3.29. The largest absolute Gasteiger partial charge is 0.381 e. The van der Waals surface area contributed by atoms with Gasteiger partial charge in [0.15, 0.2) is 0 Å². The maximum atomic E-state index is 12.1. The minimum absolute atomic E-state index is 0.00469. The van der Waals surface area contributed by atoms with Crippen molar-refractivity contribution >= 4 is 37.3 Å². The van der Waals surface area contributed by atoms with Crippen molar-refractivity contribution in [3.05, 3.63) is 15.4 Å². The molecule has 96 valence electrons. The summed E-state index contributed by atoms with van der Waals surface area (Å²) < 4.78 is 33.4. The zero-order chi connectivity index (χ0) is 12.5. The number of ether oxygens (including phenoxy) is 1. The Hall–Kier alpha value is 0.0500. The van der Waals surface area contributed by atoms with Crippen LogP contribution < -0.4 is 4.72 Å². The first-order chi connectivity index (χ1) is 7.99. The number of thiophene rings is 1. The van der Waals surface area contributed by atoms with E-state index in [1.165, 1.54) is 11.3 Å². The van der Waals surface area contributed by atoms with Crippen LogP contribution in [0.5, 0.6) is 0 Å². The van der Waals surface area contributed by atoms with Crippen molar-refractivity contribution in [2.24, 2.45) is 0 Å². The summed E-state index contributed by atoms with van der Waals surface area (Å²) in [4.78, 5) is 0. The van der Waals surface area contributed by atoms with Crippen LogP contribution in [-0.2, 0) is 14.8 Å². The molecule has 1 aromatic rings. The molecule has 0 aliphatic carbocycles. The fourth-order valence-electron chi connectivity index (χ4n) is 1.66. The normalized spacial score (nSPS) is 18.5. The standard InChI is InChI=1S/C10H14BrNO3S2/c1-7-6-9(16-10(7)11)17(13,14)12-8-2-4-15-5-3-8/h6,8,12H,2-5H2,1H3. The van der Waals surface area contributed by atoms with Crippen molar-refractivity contribution in [2.75, 3.05) is 13.2 Å². The van der Waals surface area contributed by atoms with Crippen LogP contribution in [0.1, 0.15) is 18.4 Å². The van der Waals surface area contributed by atoms with Crippen LogP contribution in [-0.4, -0.2) is 27.7 Å². The number of aryl methyl sites for hydroxylation is 1. The van der Waals surface area contributed by atoms with Gasteiger partial charge in [0.25, 0.3) is 0 Å². The molecule has 17 heavy (non-hydrogen) atoms. The third-order valence-electron chi connectivity index (χ3n) is 2.64. The van der Waals surface area contributed by atoms with Gasteiger partial charge in [-0.15, -0.1) is 11.3 Å². The molecule has 2 rings (SSSR count). The second-order valence-electron chi connectivity index (χ2n) is 4.03. The second kappa shape index (κ2) is 5.36. The average Bonchev–Trinajstić information content (AvgIpc) is 2.61. The molecule has 0 unspecified atom stereocenters. The number of hydrogen-bond donors (Lipinski definition) is 1. The van der Waals surface area contributed by atoms with Gasteiger partial charge < -0.3 is 4.74 Å². The monoisotopic (exact) mass is 339 g/mol. The second-order valence-corrected chi connectivity index (χ2v) is 8.34. The molecule has 1 N–H and O–H groups in total. The molecule has 4 nitrogen and oxygen atoms in total. The maximum Gasteiger partial charge on any atom is 0.250 e. The molecule has 0 atom stereocenters. The first-order valence-corrected chi connectivity index (χ1v) is 8.44. The smallest absolute Gasteiger partial charge is 0.250 e. The lowest BCUT2D eigenvalue weighted by Crippen LogP contribution is -2.38. The van der Waals surface area contributed by atoms with Gasteiger partial charge in [0.2, 0.25) is 10.0 Å². The van der Waals surface area contributed by atoms with Crippen molar-refractivity contribution < 1.29 is 13.2 Å². The summed E-state index contributed by atoms with van der Waals surface area (Å²) in [7, 11) is -3.38. The van der Waals surface area contributed by atoms with E-state index in [1.54, 1.807) is 6.07 Å². The van der Waals surface area contributed by atoms with Gasteiger partial charge in [0.1, 0.15) is 4.21 Å². The van der Waals surface area contributed by atoms with Crippen molar-refractivity contribution in [2.45, 2.75) is 30.0 Å². The average molecular weight is 340 g/mol. The molecule has 1 aromatic heterocycles. The van der Waals surface area contributed by atoms with E-state index in [4.69, 9.17) is 4.74 Å². The Labute approximate surface area is 114 Å². The fourth-order valence-corrected chi connectivity index (χ4v) is 5.20. The highest BCUT2D eigenvalue weighted by Crippen LogP contribution is 2.30. The van der Waals surface area contributed by atoms with E-state index in [0.29, 0.717) is 17.4 Å². The van der Waals surface area contributed by atoms with E-state index in [2.05, 4.69) is 20.7 Å². The summed E-state index contributed by atoms with van der Waals surface area (Å²) in [5.74, 6) is 0. The van der Waals surface area contributed by atoms with Gasteiger partial charge in [-0.05, 0) is 47.3 Å². The first-order valence-electron chi connectivity index (χ1n) is 5.35. The van der Waals surface area contributed by atoms with Crippen LogP contribution in [0.2, 0.25) is 0 Å². The number of nitrogens with one attached hydrogen (secondary N) is 1. The van der Waals surface area contributed by atoms with Crippen molar-refractivity contribution in [1.82, 2.24) is 4.72 Å². The van der Waals surface area contributed by atoms with Crippen LogP contribution in [0.15, 0.2) is 14.1 Å². The van der Waals surface area contributed by atoms with Gasteiger partial charge in [-0.1, -0.05) is 0 Å². The number of hydrogen-bond acceptors (Lipinski definition) is 4. The fraction of sp³-hybridized carbons (Fsp3) is 0.600. The summed E-state index contributed by atoms with van der Waals surface area (Å²) in [5.41, 5.74) is 0.947. The van der Waals surface area contributed by atoms with Crippen LogP contribution >= 0.6 is 27.3 Å². The minimum Gasteiger partial charge on any atom is -0.381 e. The highest BCUT2D eigenvalue weighted by Gasteiger charge is 2.24. The molecule has 1 fully saturated rings. The van der Waals surface area contributed by atoms with Crippen molar-refractivity contribution in [3.8, 4) is 0 Å². The van der Waals surface area contributed by atoms with E-state index in [0.717, 1.165) is 22.2 Å². The molecule has 0 saturated carbocycles. The summed E-state index contributed by atoms with van der Waals surface area (Å²) in [6.45, 7) is 3.13. The van der Waals surface area contributed by atoms with Crippen LogP contribution in [0, 0.1) is 6.92 Å². The Morgan fingerprint density at radius 1 is 1.47 bits per heavy atom. The van der Waals surface area contributed by atoms with E-state index < -0.39 is 10.0 Å². The van der Waals surface area contributed by atoms with Gasteiger partial charge in [0.05, 0.1) is 3.79 Å². The summed E-state index contributed by atoms with van der Waals surface area (Å²) in [6, 6.07) is 1.69. The van der Waals surface area contributed by atoms with E-state index >= 15 is 0 Å². The Kier molecular flexibility index (Phi) is 4.25. The lowest BCUT2D eigenvalue weighted by molar-refractivity contribution is 0.0832. The molecule has 0 radical (unpaired) electrons. The predicted molar refractivity (Wildman–Crippen MR) is 70.9 cm³/mol. The summed E-state index contributed by atoms with van der Waals surface area (Å²) in [6.07, 6.45) is 1.48. The number of rotatable bonds is 3. The molecule has 0 spiro atoms. The maximum absolute atomic E-state index is 12.1. The molecule has 1 aliphatic heterocycles. The first kappa shape index (κ1) is 13.5. The van der Waals surface area contributed by atoms with Gasteiger partial charge in [0, 0.05) is 19.3 Å². The van der Waals surface area contributed by atoms with Gasteiger partial charge in [-0.3, -0.25) is 0 Å². The van der Waals surface area contributed by atoms with Crippen molar-refractivity contribution in [3.63, 3.8) is 0 Å². The molecule has 0 bridgehead atoms. The Morgan fingerprint density at radius 3 is 2.65 bits per heavy atom. The van der Waals surface area contributed by atoms with E-state index in [9.17, 15) is 8.42 Å². The Bertz CT molecular complexity index is 472. The number of halogens is 1. The third-order valence-corrected chi connectivity index (χ3v) is 6.77. The summed E-state index contributed by atoms with van der Waals surface area (Å²) >= 11 is 4.58. The van der Waals surface area contributed by atoms with Crippen molar-refractivity contribution in [1.29, 1.82) is 0 Å². The molecule has 1 saturated heterocycles. The van der Waals surface area contributed by atoms with Crippen LogP contribution in [0.4, 0.5) is 0 Å². The van der Waals surface area contributed by atoms with Crippen LogP contribution in [0.3, 0.4) is 0 Å². The molecule has 1 aliphatic rings. The Morgan fingerprint density at radius 2 is 2.12 bits per heavy atom. The zero-order valence-electron chi connectivity index (χ0n) is 9.40. The van der Waals surface area contributed by atoms with Crippen LogP contribution in [0.25, 0.3) is 0 Å². The lowest BCUT2D eigenvalue weighted by atomic mass is 10.1. The van der Waals surface area contributed by atoms with Gasteiger partial charge >= 0.3 is 0 Å². The van der Waals surface area contributed by atoms with E-state index in [-0.39, 0.29) is 6.04 Å². The molecule has 0 amide bonds. The van der Waals surface area contributed by atoms with Gasteiger partial charge in [-0.25, -0.2) is 13.1 Å². The lowest BCUT2D eigenvalue weighted by Gasteiger charge is -2.22. The SMILES string of the molecule is Cc1cc(S(=O)(=O)NC2CCOCC2)sc1Br. The topological polar surface area (TPSA) is 55.4 Å². The molecular formula is C10H14BrNO3S2. The highest BCUT2D eigenvalue weighted by molar-refractivity contribution is 9.11. The molecule has 7 heteroatoms. The Balaban J connectivity index is 2.12. The minimum atomic E-state index is -3.38. The highest BCUT2D eigenvalue weighted by atomic mass is 79.9. The van der Waals surface area contributed by atoms with Gasteiger partial charge in [-0.2, -0.15) is 0 Å².